The minimum atomic E-state index is -1.21. The van der Waals surface area contributed by atoms with E-state index in [-0.39, 0.29) is 76.6 Å². The third kappa shape index (κ3) is 20.0. The summed E-state index contributed by atoms with van der Waals surface area (Å²) in [5.41, 5.74) is 0. The van der Waals surface area contributed by atoms with E-state index < -0.39 is 17.9 Å². The van der Waals surface area contributed by atoms with Crippen molar-refractivity contribution in [3.63, 3.8) is 0 Å². The molecule has 13 nitrogen and oxygen atoms in total. The van der Waals surface area contributed by atoms with E-state index in [0.717, 1.165) is 0 Å². The van der Waals surface area contributed by atoms with Gasteiger partial charge >= 0.3 is 5.97 Å². The van der Waals surface area contributed by atoms with Crippen molar-refractivity contribution in [3.8, 4) is 0 Å². The molecule has 34 heavy (non-hydrogen) atoms. The highest BCUT2D eigenvalue weighted by Crippen LogP contribution is 1.99. The maximum atomic E-state index is 11.7. The van der Waals surface area contributed by atoms with Crippen molar-refractivity contribution in [2.45, 2.75) is 39.2 Å². The highest BCUT2D eigenvalue weighted by Gasteiger charge is 2.20. The number of amides is 3. The van der Waals surface area contributed by atoms with E-state index in [2.05, 4.69) is 16.0 Å². The first kappa shape index (κ1) is 31.4. The summed E-state index contributed by atoms with van der Waals surface area (Å²) in [7, 11) is 0. The van der Waals surface area contributed by atoms with Crippen molar-refractivity contribution in [3.05, 3.63) is 0 Å². The van der Waals surface area contributed by atoms with Crippen molar-refractivity contribution in [2.75, 3.05) is 65.9 Å². The molecule has 0 unspecified atom stereocenters. The monoisotopic (exact) mass is 491 g/mol. The van der Waals surface area contributed by atoms with E-state index in [0.29, 0.717) is 26.2 Å². The summed E-state index contributed by atoms with van der Waals surface area (Å²) in [6, 6.07) is -1.14. The highest BCUT2D eigenvalue weighted by atomic mass is 16.5. The van der Waals surface area contributed by atoms with Crippen LogP contribution in [0.25, 0.3) is 0 Å². The summed E-state index contributed by atoms with van der Waals surface area (Å²) in [5.74, 6) is -2.31. The predicted molar refractivity (Wildman–Crippen MR) is 119 cm³/mol. The van der Waals surface area contributed by atoms with Crippen LogP contribution in [0, 0.1) is 0 Å². The summed E-state index contributed by atoms with van der Waals surface area (Å²) in [4.78, 5) is 56.4. The van der Waals surface area contributed by atoms with Crippen LogP contribution in [0.2, 0.25) is 0 Å². The summed E-state index contributed by atoms with van der Waals surface area (Å²) in [6.45, 7) is 4.83. The Labute approximate surface area is 199 Å². The minimum Gasteiger partial charge on any atom is -0.480 e. The van der Waals surface area contributed by atoms with Gasteiger partial charge in [-0.15, -0.1) is 0 Å². The fraction of sp³-hybridized carbons (Fsp3) is 0.762. The Kier molecular flexibility index (Phi) is 19.4. The molecule has 0 saturated heterocycles. The Balaban J connectivity index is 3.55. The molecule has 0 radical (unpaired) electrons. The number of ketones is 1. The van der Waals surface area contributed by atoms with Gasteiger partial charge in [0.05, 0.1) is 39.6 Å². The van der Waals surface area contributed by atoms with Gasteiger partial charge in [0, 0.05) is 25.9 Å². The standard InChI is InChI=1S/C21H37N3O10/c1-3-18(26)22-6-8-31-10-12-33-14-19(27)23-7-9-32-11-13-34-15-20(28)24-17(21(29)30)5-4-16(2)25/h17H,3-15H2,1-2H3,(H,22,26)(H,23,27)(H,24,28)(H,29,30)/t17-/m0/s1. The normalized spacial score (nSPS) is 11.5. The van der Waals surface area contributed by atoms with Gasteiger partial charge in [-0.1, -0.05) is 6.92 Å². The Bertz CT molecular complexity index is 630. The summed E-state index contributed by atoms with van der Waals surface area (Å²) in [5, 5.41) is 16.6. The van der Waals surface area contributed by atoms with Gasteiger partial charge in [0.25, 0.3) is 0 Å². The molecule has 0 aromatic carbocycles. The molecule has 0 aliphatic rings. The smallest absolute Gasteiger partial charge is 0.326 e. The Morgan fingerprint density at radius 3 is 1.74 bits per heavy atom. The van der Waals surface area contributed by atoms with Crippen LogP contribution in [-0.2, 0) is 42.9 Å². The lowest BCUT2D eigenvalue weighted by molar-refractivity contribution is -0.143. The summed E-state index contributed by atoms with van der Waals surface area (Å²) in [6.07, 6.45) is 0.505. The van der Waals surface area contributed by atoms with Crippen LogP contribution < -0.4 is 16.0 Å². The van der Waals surface area contributed by atoms with Crippen LogP contribution >= 0.6 is 0 Å². The Hall–Kier alpha value is -2.61. The van der Waals surface area contributed by atoms with Gasteiger partial charge in [-0.25, -0.2) is 4.79 Å². The molecule has 1 atom stereocenters. The molecule has 4 N–H and O–H groups in total. The summed E-state index contributed by atoms with van der Waals surface area (Å²) >= 11 is 0. The van der Waals surface area contributed by atoms with Gasteiger partial charge in [0.1, 0.15) is 25.0 Å². The molecule has 0 aliphatic heterocycles. The van der Waals surface area contributed by atoms with Gasteiger partial charge < -0.3 is 44.8 Å². The maximum absolute atomic E-state index is 11.7. The number of rotatable bonds is 22. The number of hydrogen-bond acceptors (Lipinski definition) is 9. The predicted octanol–water partition coefficient (Wildman–Crippen LogP) is -1.37. The number of carboxylic acid groups (broad SMARTS) is 1. The quantitative estimate of drug-likeness (QED) is 0.132. The lowest BCUT2D eigenvalue weighted by Gasteiger charge is -2.14. The molecule has 0 rings (SSSR count). The highest BCUT2D eigenvalue weighted by molar-refractivity contribution is 5.85. The third-order valence-electron chi connectivity index (χ3n) is 4.09. The molecule has 13 heteroatoms. The number of carbonyl (C=O) groups is 5. The number of nitrogens with one attached hydrogen (secondary N) is 3. The van der Waals surface area contributed by atoms with Crippen molar-refractivity contribution in [1.29, 1.82) is 0 Å². The number of carbonyl (C=O) groups excluding carboxylic acids is 4. The summed E-state index contributed by atoms with van der Waals surface area (Å²) < 4.78 is 20.8. The van der Waals surface area contributed by atoms with Gasteiger partial charge in [0.2, 0.25) is 17.7 Å². The van der Waals surface area contributed by atoms with Gasteiger partial charge in [-0.2, -0.15) is 0 Å². The molecule has 0 heterocycles. The molecule has 0 spiro atoms. The second-order valence-electron chi connectivity index (χ2n) is 7.08. The number of Topliss-reactive ketones (excluding diaryl/α,β-unsaturated/α-hetero) is 1. The van der Waals surface area contributed by atoms with Crippen LogP contribution in [0.15, 0.2) is 0 Å². The topological polar surface area (TPSA) is 179 Å². The Morgan fingerprint density at radius 1 is 0.735 bits per heavy atom. The largest absolute Gasteiger partial charge is 0.480 e. The van der Waals surface area contributed by atoms with Crippen molar-refractivity contribution < 1.29 is 48.0 Å². The van der Waals surface area contributed by atoms with Crippen LogP contribution in [-0.4, -0.2) is 107 Å². The fourth-order valence-electron chi connectivity index (χ4n) is 2.31. The van der Waals surface area contributed by atoms with E-state index in [9.17, 15) is 24.0 Å². The lowest BCUT2D eigenvalue weighted by Crippen LogP contribution is -2.42. The third-order valence-corrected chi connectivity index (χ3v) is 4.09. The van der Waals surface area contributed by atoms with E-state index in [4.69, 9.17) is 24.1 Å². The van der Waals surface area contributed by atoms with Crippen molar-refractivity contribution in [2.24, 2.45) is 0 Å². The van der Waals surface area contributed by atoms with Crippen LogP contribution in [0.1, 0.15) is 33.1 Å². The molecular weight excluding hydrogens is 454 g/mol. The molecule has 0 fully saturated rings. The molecule has 0 bridgehead atoms. The first-order chi connectivity index (χ1) is 16.3. The van der Waals surface area contributed by atoms with Crippen LogP contribution in [0.4, 0.5) is 0 Å². The molecule has 0 aromatic rings. The molecule has 196 valence electrons. The number of ether oxygens (including phenoxy) is 4. The first-order valence-corrected chi connectivity index (χ1v) is 11.1. The molecular formula is C21H37N3O10. The number of carboxylic acids is 1. The van der Waals surface area contributed by atoms with Crippen molar-refractivity contribution >= 4 is 29.5 Å². The molecule has 0 aromatic heterocycles. The maximum Gasteiger partial charge on any atom is 0.326 e. The molecule has 3 amide bonds. The van der Waals surface area contributed by atoms with E-state index >= 15 is 0 Å². The van der Waals surface area contributed by atoms with Gasteiger partial charge in [-0.05, 0) is 13.3 Å². The second kappa shape index (κ2) is 21.0. The van der Waals surface area contributed by atoms with E-state index in [1.165, 1.54) is 6.92 Å². The van der Waals surface area contributed by atoms with Gasteiger partial charge in [0.15, 0.2) is 0 Å². The van der Waals surface area contributed by atoms with Crippen LogP contribution in [0.3, 0.4) is 0 Å². The van der Waals surface area contributed by atoms with Gasteiger partial charge in [-0.3, -0.25) is 14.4 Å². The molecule has 0 saturated carbocycles. The SMILES string of the molecule is CCC(=O)NCCOCCOCC(=O)NCCOCCOCC(=O)N[C@@H](CCC(C)=O)C(=O)O. The Morgan fingerprint density at radius 2 is 1.24 bits per heavy atom. The zero-order chi connectivity index (χ0) is 25.6. The first-order valence-electron chi connectivity index (χ1n) is 11.1. The zero-order valence-electron chi connectivity index (χ0n) is 19.9. The molecule has 0 aliphatic carbocycles. The second-order valence-corrected chi connectivity index (χ2v) is 7.08. The number of hydrogen-bond donors (Lipinski definition) is 4. The van der Waals surface area contributed by atoms with E-state index in [1.807, 2.05) is 0 Å². The number of aliphatic carboxylic acids is 1. The average Bonchev–Trinajstić information content (AvgIpc) is 2.79. The minimum absolute atomic E-state index is 0.0179. The fourth-order valence-corrected chi connectivity index (χ4v) is 2.31. The van der Waals surface area contributed by atoms with Crippen LogP contribution in [0.5, 0.6) is 0 Å². The zero-order valence-corrected chi connectivity index (χ0v) is 19.9. The van der Waals surface area contributed by atoms with E-state index in [1.54, 1.807) is 6.92 Å². The average molecular weight is 492 g/mol. The lowest BCUT2D eigenvalue weighted by atomic mass is 10.1. The van der Waals surface area contributed by atoms with Crippen molar-refractivity contribution in [1.82, 2.24) is 16.0 Å².